The van der Waals surface area contributed by atoms with E-state index in [2.05, 4.69) is 13.5 Å². The molecule has 1 N–H and O–H groups in total. The second kappa shape index (κ2) is 4.59. The van der Waals surface area contributed by atoms with Crippen LogP contribution in [0.25, 0.3) is 5.57 Å². The van der Waals surface area contributed by atoms with Crippen LogP contribution in [0.1, 0.15) is 25.3 Å². The molecule has 0 heterocycles. The van der Waals surface area contributed by atoms with Crippen LogP contribution in [0.2, 0.25) is 0 Å². The Bertz CT molecular complexity index is 443. The van der Waals surface area contributed by atoms with E-state index in [-0.39, 0.29) is 4.90 Å². The van der Waals surface area contributed by atoms with E-state index in [0.29, 0.717) is 0 Å². The Kier molecular flexibility index (Phi) is 3.66. The Balaban J connectivity index is 2.96. The summed E-state index contributed by atoms with van der Waals surface area (Å²) in [5.41, 5.74) is 1.88. The van der Waals surface area contributed by atoms with Crippen LogP contribution in [0.15, 0.2) is 35.7 Å². The molecule has 1 aromatic rings. The molecule has 0 radical (unpaired) electrons. The van der Waals surface area contributed by atoms with E-state index in [1.54, 1.807) is 12.1 Å². The Morgan fingerprint density at radius 2 is 1.87 bits per heavy atom. The van der Waals surface area contributed by atoms with Gasteiger partial charge in [-0.3, -0.25) is 4.55 Å². The van der Waals surface area contributed by atoms with Crippen molar-refractivity contribution in [1.29, 1.82) is 0 Å². The van der Waals surface area contributed by atoms with Gasteiger partial charge >= 0.3 is 0 Å². The summed E-state index contributed by atoms with van der Waals surface area (Å²) in [5, 5.41) is 0. The van der Waals surface area contributed by atoms with Crippen LogP contribution in [0.5, 0.6) is 0 Å². The molecule has 0 bridgehead atoms. The number of hydrogen-bond acceptors (Lipinski definition) is 2. The highest BCUT2D eigenvalue weighted by atomic mass is 32.2. The third-order valence-corrected chi connectivity index (χ3v) is 2.98. The summed E-state index contributed by atoms with van der Waals surface area (Å²) in [7, 11) is -4.09. The number of allylic oxidation sites excluding steroid dienone is 1. The summed E-state index contributed by atoms with van der Waals surface area (Å²) < 4.78 is 30.3. The standard InChI is InChI=1S/C11H14O3S/c1-3-4-9(2)10-5-7-11(8-6-10)15(12,13)14/h5-8H,2-4H2,1H3,(H,12,13,14). The highest BCUT2D eigenvalue weighted by Gasteiger charge is 2.08. The lowest BCUT2D eigenvalue weighted by molar-refractivity contribution is 0.483. The molecule has 0 saturated heterocycles. The molecule has 0 spiro atoms. The fourth-order valence-corrected chi connectivity index (χ4v) is 1.79. The maximum atomic E-state index is 10.8. The van der Waals surface area contributed by atoms with Gasteiger partial charge in [-0.05, 0) is 29.7 Å². The van der Waals surface area contributed by atoms with Gasteiger partial charge in [0, 0.05) is 0 Å². The maximum absolute atomic E-state index is 10.8. The van der Waals surface area contributed by atoms with Gasteiger partial charge in [0.1, 0.15) is 0 Å². The van der Waals surface area contributed by atoms with E-state index < -0.39 is 10.1 Å². The van der Waals surface area contributed by atoms with Crippen molar-refractivity contribution in [3.8, 4) is 0 Å². The quantitative estimate of drug-likeness (QED) is 0.803. The summed E-state index contributed by atoms with van der Waals surface area (Å²) in [5.74, 6) is 0. The molecule has 3 nitrogen and oxygen atoms in total. The van der Waals surface area contributed by atoms with Crippen LogP contribution in [-0.2, 0) is 10.1 Å². The lowest BCUT2D eigenvalue weighted by Crippen LogP contribution is -1.97. The fourth-order valence-electron chi connectivity index (χ4n) is 1.31. The van der Waals surface area contributed by atoms with Gasteiger partial charge in [0.15, 0.2) is 0 Å². The topological polar surface area (TPSA) is 54.4 Å². The van der Waals surface area contributed by atoms with E-state index in [1.807, 2.05) is 0 Å². The van der Waals surface area contributed by atoms with E-state index in [1.165, 1.54) is 12.1 Å². The molecule has 0 aliphatic rings. The van der Waals surface area contributed by atoms with Crippen molar-refractivity contribution in [3.63, 3.8) is 0 Å². The van der Waals surface area contributed by atoms with E-state index in [9.17, 15) is 8.42 Å². The molecule has 4 heteroatoms. The molecule has 0 saturated carbocycles. The van der Waals surface area contributed by atoms with Gasteiger partial charge in [-0.1, -0.05) is 32.1 Å². The van der Waals surface area contributed by atoms with Crippen molar-refractivity contribution in [2.75, 3.05) is 0 Å². The van der Waals surface area contributed by atoms with Crippen molar-refractivity contribution in [2.24, 2.45) is 0 Å². The summed E-state index contributed by atoms with van der Waals surface area (Å²) in [6.07, 6.45) is 1.88. The lowest BCUT2D eigenvalue weighted by Gasteiger charge is -2.04. The van der Waals surface area contributed by atoms with E-state index in [0.717, 1.165) is 24.0 Å². The summed E-state index contributed by atoms with van der Waals surface area (Å²) >= 11 is 0. The molecule has 0 aliphatic heterocycles. The highest BCUT2D eigenvalue weighted by molar-refractivity contribution is 7.85. The van der Waals surface area contributed by atoms with Gasteiger partial charge in [-0.15, -0.1) is 0 Å². The summed E-state index contributed by atoms with van der Waals surface area (Å²) in [6, 6.07) is 6.07. The molecular formula is C11H14O3S. The van der Waals surface area contributed by atoms with Gasteiger partial charge < -0.3 is 0 Å². The highest BCUT2D eigenvalue weighted by Crippen LogP contribution is 2.19. The Hall–Kier alpha value is -1.13. The molecule has 0 aliphatic carbocycles. The average molecular weight is 226 g/mol. The van der Waals surface area contributed by atoms with Gasteiger partial charge in [0.25, 0.3) is 10.1 Å². The first-order valence-corrected chi connectivity index (χ1v) is 6.15. The fraction of sp³-hybridized carbons (Fsp3) is 0.273. The molecule has 15 heavy (non-hydrogen) atoms. The monoisotopic (exact) mass is 226 g/mol. The number of rotatable bonds is 4. The maximum Gasteiger partial charge on any atom is 0.294 e. The van der Waals surface area contributed by atoms with Crippen LogP contribution >= 0.6 is 0 Å². The Labute approximate surface area is 90.2 Å². The second-order valence-corrected chi connectivity index (χ2v) is 4.77. The average Bonchev–Trinajstić information content (AvgIpc) is 2.17. The van der Waals surface area contributed by atoms with Crippen LogP contribution in [0.3, 0.4) is 0 Å². The Morgan fingerprint density at radius 1 is 1.33 bits per heavy atom. The van der Waals surface area contributed by atoms with Crippen molar-refractivity contribution in [2.45, 2.75) is 24.7 Å². The smallest absolute Gasteiger partial charge is 0.282 e. The summed E-state index contributed by atoms with van der Waals surface area (Å²) in [6.45, 7) is 5.95. The number of hydrogen-bond donors (Lipinski definition) is 1. The third-order valence-electron chi connectivity index (χ3n) is 2.11. The zero-order valence-corrected chi connectivity index (χ0v) is 9.42. The first-order chi connectivity index (χ1) is 6.95. The van der Waals surface area contributed by atoms with Crippen LogP contribution in [-0.4, -0.2) is 13.0 Å². The van der Waals surface area contributed by atoms with E-state index >= 15 is 0 Å². The minimum atomic E-state index is -4.09. The van der Waals surface area contributed by atoms with Crippen LogP contribution in [0, 0.1) is 0 Å². The zero-order valence-electron chi connectivity index (χ0n) is 8.60. The number of benzene rings is 1. The van der Waals surface area contributed by atoms with Crippen LogP contribution in [0.4, 0.5) is 0 Å². The van der Waals surface area contributed by atoms with Crippen LogP contribution < -0.4 is 0 Å². The first-order valence-electron chi connectivity index (χ1n) is 4.71. The predicted molar refractivity (Wildman–Crippen MR) is 60.2 cm³/mol. The van der Waals surface area contributed by atoms with Gasteiger partial charge in [-0.25, -0.2) is 0 Å². The van der Waals surface area contributed by atoms with Gasteiger partial charge in [-0.2, -0.15) is 8.42 Å². The minimum Gasteiger partial charge on any atom is -0.282 e. The molecule has 0 aromatic heterocycles. The molecule has 0 fully saturated rings. The molecule has 0 atom stereocenters. The summed E-state index contributed by atoms with van der Waals surface area (Å²) in [4.78, 5) is -0.0875. The molecule has 0 amide bonds. The minimum absolute atomic E-state index is 0.0875. The first kappa shape index (κ1) is 11.9. The lowest BCUT2D eigenvalue weighted by atomic mass is 10.0. The molecule has 82 valence electrons. The molecule has 1 aromatic carbocycles. The molecule has 1 rings (SSSR count). The van der Waals surface area contributed by atoms with Crippen molar-refractivity contribution >= 4 is 15.7 Å². The van der Waals surface area contributed by atoms with Gasteiger partial charge in [0.2, 0.25) is 0 Å². The van der Waals surface area contributed by atoms with Crippen molar-refractivity contribution in [1.82, 2.24) is 0 Å². The second-order valence-electron chi connectivity index (χ2n) is 3.35. The van der Waals surface area contributed by atoms with Gasteiger partial charge in [0.05, 0.1) is 4.90 Å². The zero-order chi connectivity index (χ0) is 11.5. The largest absolute Gasteiger partial charge is 0.294 e. The van der Waals surface area contributed by atoms with E-state index in [4.69, 9.17) is 4.55 Å². The SMILES string of the molecule is C=C(CCC)c1ccc(S(=O)(=O)O)cc1. The Morgan fingerprint density at radius 3 is 2.27 bits per heavy atom. The molecular weight excluding hydrogens is 212 g/mol. The normalized spacial score (nSPS) is 11.3. The predicted octanol–water partition coefficient (Wildman–Crippen LogP) is 2.75. The van der Waals surface area contributed by atoms with Crippen molar-refractivity contribution in [3.05, 3.63) is 36.4 Å². The third kappa shape index (κ3) is 3.18. The van der Waals surface area contributed by atoms with Crippen molar-refractivity contribution < 1.29 is 13.0 Å². The molecule has 0 unspecified atom stereocenters.